The minimum absolute atomic E-state index is 0.0175. The number of methoxy groups -OCH3 is 1. The summed E-state index contributed by atoms with van der Waals surface area (Å²) >= 11 is 2.21. The molecule has 110 valence electrons. The fourth-order valence-corrected chi connectivity index (χ4v) is 2.59. The second kappa shape index (κ2) is 7.56. The zero-order valence-electron chi connectivity index (χ0n) is 12.1. The normalized spacial score (nSPS) is 10.4. The van der Waals surface area contributed by atoms with Crippen LogP contribution in [0.4, 0.5) is 0 Å². The molecule has 2 rings (SSSR count). The number of carbonyl (C=O) groups excluding carboxylic acids is 1. The van der Waals surface area contributed by atoms with Crippen LogP contribution in [0.2, 0.25) is 0 Å². The van der Waals surface area contributed by atoms with Crippen LogP contribution in [0.15, 0.2) is 42.5 Å². The molecule has 0 saturated heterocycles. The predicted molar refractivity (Wildman–Crippen MR) is 91.1 cm³/mol. The zero-order valence-corrected chi connectivity index (χ0v) is 14.2. The summed E-state index contributed by atoms with van der Waals surface area (Å²) in [6.07, 6.45) is 0. The third-order valence-corrected chi connectivity index (χ3v) is 4.55. The van der Waals surface area contributed by atoms with Gasteiger partial charge in [-0.05, 0) is 53.3 Å². The van der Waals surface area contributed by atoms with Gasteiger partial charge in [-0.1, -0.05) is 24.3 Å². The second-order valence-corrected chi connectivity index (χ2v) is 5.68. The monoisotopic (exact) mass is 396 g/mol. The van der Waals surface area contributed by atoms with E-state index in [1.807, 2.05) is 43.3 Å². The van der Waals surface area contributed by atoms with Crippen molar-refractivity contribution in [1.82, 2.24) is 0 Å². The van der Waals surface area contributed by atoms with Gasteiger partial charge in [-0.25, -0.2) is 0 Å². The molecule has 0 fully saturated rings. The minimum atomic E-state index is -0.0175. The molecule has 21 heavy (non-hydrogen) atoms. The molecule has 0 heterocycles. The molecule has 2 aromatic carbocycles. The van der Waals surface area contributed by atoms with Crippen molar-refractivity contribution < 1.29 is 14.3 Å². The van der Waals surface area contributed by atoms with E-state index in [-0.39, 0.29) is 5.78 Å². The summed E-state index contributed by atoms with van der Waals surface area (Å²) < 4.78 is 11.6. The first-order chi connectivity index (χ1) is 10.1. The number of hydrogen-bond acceptors (Lipinski definition) is 3. The highest BCUT2D eigenvalue weighted by Gasteiger charge is 2.17. The van der Waals surface area contributed by atoms with Crippen LogP contribution in [0.3, 0.4) is 0 Å². The molecule has 0 aliphatic heterocycles. The maximum Gasteiger partial charge on any atom is 0.197 e. The average Bonchev–Trinajstić information content (AvgIpc) is 2.50. The largest absolute Gasteiger partial charge is 0.490 e. The van der Waals surface area contributed by atoms with E-state index < -0.39 is 0 Å². The van der Waals surface area contributed by atoms with Gasteiger partial charge >= 0.3 is 0 Å². The Morgan fingerprint density at radius 2 is 1.76 bits per heavy atom. The Balaban J connectivity index is 2.33. The summed E-state index contributed by atoms with van der Waals surface area (Å²) in [7, 11) is 1.62. The fourth-order valence-electron chi connectivity index (χ4n) is 1.98. The molecule has 0 unspecified atom stereocenters. The van der Waals surface area contributed by atoms with Crippen LogP contribution < -0.4 is 4.74 Å². The summed E-state index contributed by atoms with van der Waals surface area (Å²) in [5.74, 6) is 0.577. The average molecular weight is 396 g/mol. The molecular formula is C17H17IO3. The van der Waals surface area contributed by atoms with Crippen LogP contribution in [0.25, 0.3) is 0 Å². The van der Waals surface area contributed by atoms with E-state index in [1.165, 1.54) is 0 Å². The standard InChI is InChI=1S/C17H17IO3/c1-12-6-5-8-14(16(12)18)17(19)13-7-3-4-9-15(13)21-11-10-20-2/h3-9H,10-11H2,1-2H3. The summed E-state index contributed by atoms with van der Waals surface area (Å²) in [6, 6.07) is 13.1. The lowest BCUT2D eigenvalue weighted by Crippen LogP contribution is -2.10. The Hall–Kier alpha value is -1.40. The van der Waals surface area contributed by atoms with Crippen LogP contribution in [0.5, 0.6) is 5.75 Å². The molecule has 2 aromatic rings. The van der Waals surface area contributed by atoms with Gasteiger partial charge in [0.25, 0.3) is 0 Å². The van der Waals surface area contributed by atoms with Crippen LogP contribution in [-0.4, -0.2) is 26.1 Å². The Morgan fingerprint density at radius 3 is 2.52 bits per heavy atom. The molecule has 0 radical (unpaired) electrons. The van der Waals surface area contributed by atoms with Gasteiger partial charge < -0.3 is 9.47 Å². The molecule has 0 bridgehead atoms. The summed E-state index contributed by atoms with van der Waals surface area (Å²) in [6.45, 7) is 2.91. The smallest absolute Gasteiger partial charge is 0.197 e. The Labute approximate surface area is 138 Å². The molecule has 0 saturated carbocycles. The van der Waals surface area contributed by atoms with Gasteiger partial charge in [0, 0.05) is 16.2 Å². The SMILES string of the molecule is COCCOc1ccccc1C(=O)c1cccc(C)c1I. The second-order valence-electron chi connectivity index (χ2n) is 4.60. The van der Waals surface area contributed by atoms with Gasteiger partial charge in [0.2, 0.25) is 0 Å². The third kappa shape index (κ3) is 3.83. The summed E-state index contributed by atoms with van der Waals surface area (Å²) in [5, 5.41) is 0. The van der Waals surface area contributed by atoms with Crippen molar-refractivity contribution >= 4 is 28.4 Å². The van der Waals surface area contributed by atoms with Crippen molar-refractivity contribution in [3.63, 3.8) is 0 Å². The Bertz CT molecular complexity index is 638. The van der Waals surface area contributed by atoms with Crippen LogP contribution in [0.1, 0.15) is 21.5 Å². The van der Waals surface area contributed by atoms with Gasteiger partial charge in [0.05, 0.1) is 12.2 Å². The van der Waals surface area contributed by atoms with E-state index in [4.69, 9.17) is 9.47 Å². The number of halogens is 1. The van der Waals surface area contributed by atoms with Gasteiger partial charge in [-0.15, -0.1) is 0 Å². The van der Waals surface area contributed by atoms with E-state index in [2.05, 4.69) is 22.6 Å². The number of carbonyl (C=O) groups is 1. The lowest BCUT2D eigenvalue weighted by molar-refractivity contribution is 0.102. The first-order valence-electron chi connectivity index (χ1n) is 6.65. The molecule has 0 spiro atoms. The topological polar surface area (TPSA) is 35.5 Å². The highest BCUT2D eigenvalue weighted by atomic mass is 127. The molecule has 0 aliphatic carbocycles. The maximum absolute atomic E-state index is 12.8. The van der Waals surface area contributed by atoms with Crippen LogP contribution >= 0.6 is 22.6 Å². The summed E-state index contributed by atoms with van der Waals surface area (Å²) in [5.41, 5.74) is 2.38. The molecule has 3 nitrogen and oxygen atoms in total. The van der Waals surface area contributed by atoms with E-state index >= 15 is 0 Å². The number of hydrogen-bond donors (Lipinski definition) is 0. The Morgan fingerprint density at radius 1 is 1.05 bits per heavy atom. The summed E-state index contributed by atoms with van der Waals surface area (Å²) in [4.78, 5) is 12.8. The van der Waals surface area contributed by atoms with Gasteiger partial charge in [-0.2, -0.15) is 0 Å². The number of para-hydroxylation sites is 1. The van der Waals surface area contributed by atoms with Crippen LogP contribution in [-0.2, 0) is 4.74 Å². The number of rotatable bonds is 6. The Kier molecular flexibility index (Phi) is 5.76. The first-order valence-corrected chi connectivity index (χ1v) is 7.73. The van der Waals surface area contributed by atoms with Gasteiger partial charge in [-0.3, -0.25) is 4.79 Å². The van der Waals surface area contributed by atoms with Gasteiger partial charge in [0.15, 0.2) is 5.78 Å². The van der Waals surface area contributed by atoms with E-state index in [9.17, 15) is 4.79 Å². The number of ether oxygens (including phenoxy) is 2. The molecule has 0 atom stereocenters. The van der Waals surface area contributed by atoms with Crippen molar-refractivity contribution in [2.45, 2.75) is 6.92 Å². The van der Waals surface area contributed by atoms with Crippen molar-refractivity contribution in [3.05, 3.63) is 62.7 Å². The molecule has 0 amide bonds. The van der Waals surface area contributed by atoms with Crippen molar-refractivity contribution in [3.8, 4) is 5.75 Å². The molecule has 0 aromatic heterocycles. The number of benzene rings is 2. The van der Waals surface area contributed by atoms with Crippen molar-refractivity contribution in [2.24, 2.45) is 0 Å². The molecular weight excluding hydrogens is 379 g/mol. The molecule has 4 heteroatoms. The maximum atomic E-state index is 12.8. The lowest BCUT2D eigenvalue weighted by Gasteiger charge is -2.12. The van der Waals surface area contributed by atoms with Crippen molar-refractivity contribution in [1.29, 1.82) is 0 Å². The quantitative estimate of drug-likeness (QED) is 0.423. The van der Waals surface area contributed by atoms with E-state index in [0.29, 0.717) is 30.1 Å². The number of ketones is 1. The highest BCUT2D eigenvalue weighted by Crippen LogP contribution is 2.25. The fraction of sp³-hybridized carbons (Fsp3) is 0.235. The van der Waals surface area contributed by atoms with E-state index in [1.54, 1.807) is 13.2 Å². The predicted octanol–water partition coefficient (Wildman–Crippen LogP) is 3.86. The first kappa shape index (κ1) is 16.0. The number of aryl methyl sites for hydroxylation is 1. The molecule has 0 N–H and O–H groups in total. The highest BCUT2D eigenvalue weighted by molar-refractivity contribution is 14.1. The van der Waals surface area contributed by atoms with Crippen LogP contribution in [0, 0.1) is 10.5 Å². The van der Waals surface area contributed by atoms with Gasteiger partial charge in [0.1, 0.15) is 12.4 Å². The molecule has 0 aliphatic rings. The van der Waals surface area contributed by atoms with Crippen molar-refractivity contribution in [2.75, 3.05) is 20.3 Å². The minimum Gasteiger partial charge on any atom is -0.490 e. The zero-order chi connectivity index (χ0) is 15.2. The lowest BCUT2D eigenvalue weighted by atomic mass is 10.0. The third-order valence-electron chi connectivity index (χ3n) is 3.11. The van der Waals surface area contributed by atoms with E-state index in [0.717, 1.165) is 9.13 Å².